The quantitative estimate of drug-likeness (QED) is 0.270. The Morgan fingerprint density at radius 1 is 1.25 bits per heavy atom. The number of nitrogens with zero attached hydrogens (tertiary/aromatic N) is 2. The van der Waals surface area contributed by atoms with Crippen LogP contribution < -0.4 is 11.1 Å². The maximum atomic E-state index is 13.1. The number of imidazole rings is 1. The number of nitrogens with one attached hydrogen (secondary N) is 3. The summed E-state index contributed by atoms with van der Waals surface area (Å²) in [5, 5.41) is 11.6. The summed E-state index contributed by atoms with van der Waals surface area (Å²) < 4.78 is 10.4. The summed E-state index contributed by atoms with van der Waals surface area (Å²) in [7, 11) is 0. The number of likely N-dealkylation sites (tertiary alicyclic amines) is 1. The van der Waals surface area contributed by atoms with Crippen molar-refractivity contribution in [2.24, 2.45) is 5.73 Å². The fourth-order valence-corrected chi connectivity index (χ4v) is 3.87. The first-order valence-electron chi connectivity index (χ1n) is 11.9. The molecule has 3 rings (SSSR count). The molecule has 2 amide bonds. The fourth-order valence-electron chi connectivity index (χ4n) is 3.87. The maximum absolute atomic E-state index is 13.1. The van der Waals surface area contributed by atoms with Crippen LogP contribution >= 0.6 is 0 Å². The summed E-state index contributed by atoms with van der Waals surface area (Å²) in [4.78, 5) is 46.4. The Balaban J connectivity index is 1.68. The van der Waals surface area contributed by atoms with Crippen LogP contribution in [0.3, 0.4) is 0 Å². The number of ether oxygens (including phenoxy) is 2. The monoisotopic (exact) mass is 498 g/mol. The highest BCUT2D eigenvalue weighted by Gasteiger charge is 2.29. The molecular weight excluding hydrogens is 464 g/mol. The molecule has 1 aliphatic heterocycles. The maximum Gasteiger partial charge on any atom is 0.410 e. The first-order chi connectivity index (χ1) is 16.9. The van der Waals surface area contributed by atoms with Gasteiger partial charge in [-0.05, 0) is 65.7 Å². The van der Waals surface area contributed by atoms with Crippen molar-refractivity contribution in [3.63, 3.8) is 0 Å². The third kappa shape index (κ3) is 6.41. The van der Waals surface area contributed by atoms with Crippen molar-refractivity contribution in [2.45, 2.75) is 59.1 Å². The molecule has 11 heteroatoms. The Kier molecular flexibility index (Phi) is 8.01. The minimum atomic E-state index is -0.572. The largest absolute Gasteiger partial charge is 0.462 e. The van der Waals surface area contributed by atoms with E-state index in [1.54, 1.807) is 36.9 Å². The number of amides is 2. The lowest BCUT2D eigenvalue weighted by Gasteiger charge is -2.33. The van der Waals surface area contributed by atoms with Crippen LogP contribution in [-0.4, -0.2) is 69.9 Å². The molecule has 194 valence electrons. The number of hydrogen-bond donors (Lipinski definition) is 4. The molecule has 5 N–H and O–H groups in total. The zero-order chi connectivity index (χ0) is 26.6. The van der Waals surface area contributed by atoms with Crippen molar-refractivity contribution in [1.29, 1.82) is 5.41 Å². The molecule has 1 aromatic heterocycles. The van der Waals surface area contributed by atoms with E-state index in [0.29, 0.717) is 42.5 Å². The molecule has 1 aliphatic rings. The van der Waals surface area contributed by atoms with Crippen LogP contribution in [0.4, 0.5) is 4.79 Å². The topological polar surface area (TPSA) is 163 Å². The summed E-state index contributed by atoms with van der Waals surface area (Å²) in [6, 6.07) is 4.65. The van der Waals surface area contributed by atoms with Crippen LogP contribution in [0.1, 0.15) is 63.6 Å². The summed E-state index contributed by atoms with van der Waals surface area (Å²) >= 11 is 0. The highest BCUT2D eigenvalue weighted by atomic mass is 16.6. The van der Waals surface area contributed by atoms with Crippen molar-refractivity contribution in [3.05, 3.63) is 40.9 Å². The lowest BCUT2D eigenvalue weighted by Crippen LogP contribution is -2.48. The van der Waals surface area contributed by atoms with Gasteiger partial charge in [-0.2, -0.15) is 0 Å². The third-order valence-electron chi connectivity index (χ3n) is 5.58. The smallest absolute Gasteiger partial charge is 0.410 e. The number of rotatable bonds is 6. The van der Waals surface area contributed by atoms with Crippen LogP contribution in [0.15, 0.2) is 29.5 Å². The molecule has 0 radical (unpaired) electrons. The molecule has 2 heterocycles. The molecule has 0 spiro atoms. The molecule has 0 bridgehead atoms. The molecule has 0 atom stereocenters. The van der Waals surface area contributed by atoms with Gasteiger partial charge in [-0.1, -0.05) is 0 Å². The van der Waals surface area contributed by atoms with Crippen molar-refractivity contribution in [3.8, 4) is 0 Å². The molecule has 2 aromatic rings. The first-order valence-corrected chi connectivity index (χ1v) is 11.9. The summed E-state index contributed by atoms with van der Waals surface area (Å²) in [5.74, 6) is -0.787. The highest BCUT2D eigenvalue weighted by Crippen LogP contribution is 2.19. The second kappa shape index (κ2) is 10.8. The van der Waals surface area contributed by atoms with E-state index in [1.807, 2.05) is 20.8 Å². The van der Waals surface area contributed by atoms with E-state index < -0.39 is 17.5 Å². The van der Waals surface area contributed by atoms with Crippen molar-refractivity contribution >= 4 is 34.7 Å². The van der Waals surface area contributed by atoms with Gasteiger partial charge < -0.3 is 30.4 Å². The summed E-state index contributed by atoms with van der Waals surface area (Å²) in [6.45, 7) is 9.88. The number of piperidine rings is 1. The number of benzene rings is 1. The number of aromatic amines is 1. The Morgan fingerprint density at radius 2 is 1.92 bits per heavy atom. The number of fused-ring (bicyclic) bond motifs is 1. The minimum absolute atomic E-state index is 0.00856. The number of aromatic nitrogens is 2. The van der Waals surface area contributed by atoms with Crippen LogP contribution in [0.2, 0.25) is 0 Å². The van der Waals surface area contributed by atoms with Crippen LogP contribution in [0, 0.1) is 5.41 Å². The summed E-state index contributed by atoms with van der Waals surface area (Å²) in [6.07, 6.45) is 0.732. The standard InChI is InChI=1S/C25H34N6O5/c1-6-35-23(33)15-7-8-17-18(13-15)30-21(29-17)20(27)19(14(2)26)22(32)28-16-9-11-31(12-10-16)24(34)36-25(3,4)5/h7-8,13,16,27H,6,9-12,26H2,1-5H3,(H,28,32)(H,29,30)/b19-14+,27-20?. The average molecular weight is 499 g/mol. The lowest BCUT2D eigenvalue weighted by molar-refractivity contribution is -0.118. The number of H-pyrrole nitrogens is 1. The van der Waals surface area contributed by atoms with Gasteiger partial charge in [0.15, 0.2) is 5.82 Å². The number of carbonyl (C=O) groups excluding carboxylic acids is 3. The van der Waals surface area contributed by atoms with Crippen LogP contribution in [-0.2, 0) is 14.3 Å². The Bertz CT molecular complexity index is 1200. The predicted molar refractivity (Wildman–Crippen MR) is 135 cm³/mol. The summed E-state index contributed by atoms with van der Waals surface area (Å²) in [5.41, 5.74) is 6.87. The number of allylic oxidation sites excluding steroid dienone is 1. The molecule has 0 unspecified atom stereocenters. The second-order valence-corrected chi connectivity index (χ2v) is 9.69. The van der Waals surface area contributed by atoms with Gasteiger partial charge in [0.05, 0.1) is 28.8 Å². The molecule has 36 heavy (non-hydrogen) atoms. The number of nitrogens with two attached hydrogens (primary N) is 1. The van der Waals surface area contributed by atoms with Gasteiger partial charge in [0.1, 0.15) is 11.3 Å². The highest BCUT2D eigenvalue weighted by molar-refractivity contribution is 6.26. The van der Waals surface area contributed by atoms with Gasteiger partial charge in [-0.3, -0.25) is 10.2 Å². The fraction of sp³-hybridized carbons (Fsp3) is 0.480. The molecule has 0 aliphatic carbocycles. The van der Waals surface area contributed by atoms with Crippen LogP contribution in [0.25, 0.3) is 11.0 Å². The normalized spacial score (nSPS) is 15.3. The third-order valence-corrected chi connectivity index (χ3v) is 5.58. The Labute approximate surface area is 209 Å². The molecule has 1 aromatic carbocycles. The van der Waals surface area contributed by atoms with Gasteiger partial charge in [-0.15, -0.1) is 0 Å². The van der Waals surface area contributed by atoms with Gasteiger partial charge in [0.25, 0.3) is 5.91 Å². The zero-order valence-corrected chi connectivity index (χ0v) is 21.4. The molecule has 1 fully saturated rings. The Morgan fingerprint density at radius 3 is 2.50 bits per heavy atom. The van der Waals surface area contributed by atoms with E-state index in [2.05, 4.69) is 15.3 Å². The van der Waals surface area contributed by atoms with E-state index in [1.165, 1.54) is 0 Å². The van der Waals surface area contributed by atoms with Gasteiger partial charge >= 0.3 is 12.1 Å². The first kappa shape index (κ1) is 26.7. The van der Waals surface area contributed by atoms with Crippen molar-refractivity contribution < 1.29 is 23.9 Å². The molecule has 0 saturated carbocycles. The van der Waals surface area contributed by atoms with E-state index in [-0.39, 0.29) is 41.5 Å². The SMILES string of the molecule is CCOC(=O)c1ccc2nc(C(=N)/C(C(=O)NC3CCN(C(=O)OC(C)(C)C)CC3)=C(/C)N)[nH]c2c1. The van der Waals surface area contributed by atoms with Crippen LogP contribution in [0.5, 0.6) is 0 Å². The van der Waals surface area contributed by atoms with Gasteiger partial charge in [0.2, 0.25) is 0 Å². The number of carbonyl (C=O) groups is 3. The van der Waals surface area contributed by atoms with Gasteiger partial charge in [0, 0.05) is 24.8 Å². The van der Waals surface area contributed by atoms with E-state index in [0.717, 1.165) is 0 Å². The van der Waals surface area contributed by atoms with Crippen molar-refractivity contribution in [1.82, 2.24) is 20.2 Å². The molecular formula is C25H34N6O5. The zero-order valence-electron chi connectivity index (χ0n) is 21.4. The number of esters is 1. The lowest BCUT2D eigenvalue weighted by atomic mass is 10.0. The second-order valence-electron chi connectivity index (χ2n) is 9.69. The molecule has 11 nitrogen and oxygen atoms in total. The van der Waals surface area contributed by atoms with E-state index in [4.69, 9.17) is 20.6 Å². The van der Waals surface area contributed by atoms with E-state index >= 15 is 0 Å². The predicted octanol–water partition coefficient (Wildman–Crippen LogP) is 2.86. The molecule has 1 saturated heterocycles. The number of hydrogen-bond acceptors (Lipinski definition) is 8. The van der Waals surface area contributed by atoms with Crippen molar-refractivity contribution in [2.75, 3.05) is 19.7 Å². The van der Waals surface area contributed by atoms with E-state index in [9.17, 15) is 14.4 Å². The average Bonchev–Trinajstić information content (AvgIpc) is 3.22. The Hall–Kier alpha value is -3.89. The minimum Gasteiger partial charge on any atom is -0.462 e. The van der Waals surface area contributed by atoms with Gasteiger partial charge in [-0.25, -0.2) is 14.6 Å².